The summed E-state index contributed by atoms with van der Waals surface area (Å²) in [6.45, 7) is 0. The predicted molar refractivity (Wildman–Crippen MR) is 60.1 cm³/mol. The van der Waals surface area contributed by atoms with Crippen LogP contribution in [-0.2, 0) is 0 Å². The van der Waals surface area contributed by atoms with Crippen LogP contribution in [-0.4, -0.2) is 5.78 Å². The van der Waals surface area contributed by atoms with E-state index in [2.05, 4.69) is 12.1 Å². The van der Waals surface area contributed by atoms with Crippen molar-refractivity contribution in [3.05, 3.63) is 35.4 Å². The summed E-state index contributed by atoms with van der Waals surface area (Å²) in [7, 11) is 0. The molecule has 0 spiro atoms. The molecule has 1 saturated carbocycles. The summed E-state index contributed by atoms with van der Waals surface area (Å²) in [5, 5.41) is 0. The normalized spacial score (nSPS) is 29.5. The van der Waals surface area contributed by atoms with E-state index < -0.39 is 0 Å². The van der Waals surface area contributed by atoms with Crippen LogP contribution in [0.5, 0.6) is 0 Å². The summed E-state index contributed by atoms with van der Waals surface area (Å²) in [5.74, 6) is 1.68. The van der Waals surface area contributed by atoms with E-state index >= 15 is 0 Å². The van der Waals surface area contributed by atoms with Crippen LogP contribution in [0.3, 0.4) is 0 Å². The van der Waals surface area contributed by atoms with E-state index in [0.717, 1.165) is 12.0 Å². The van der Waals surface area contributed by atoms with Gasteiger partial charge in [0.25, 0.3) is 0 Å². The lowest BCUT2D eigenvalue weighted by Gasteiger charge is -2.36. The number of carbonyl (C=O) groups excluding carboxylic acids is 1. The molecular formula is C14H16O. The average molecular weight is 200 g/mol. The molecule has 78 valence electrons. The lowest BCUT2D eigenvalue weighted by molar-refractivity contribution is 0.0919. The number of benzene rings is 1. The van der Waals surface area contributed by atoms with Crippen molar-refractivity contribution in [3.63, 3.8) is 0 Å². The fourth-order valence-electron chi connectivity index (χ4n) is 3.28. The van der Waals surface area contributed by atoms with Gasteiger partial charge >= 0.3 is 0 Å². The summed E-state index contributed by atoms with van der Waals surface area (Å²) < 4.78 is 0. The molecule has 0 bridgehead atoms. The molecule has 15 heavy (non-hydrogen) atoms. The maximum Gasteiger partial charge on any atom is 0.163 e. The molecule has 1 heteroatoms. The van der Waals surface area contributed by atoms with E-state index in [4.69, 9.17) is 0 Å². The summed E-state index contributed by atoms with van der Waals surface area (Å²) in [6, 6.07) is 8.22. The first kappa shape index (κ1) is 9.14. The number of Topliss-reactive ketones (excluding diaryl/α,β-unsaturated/α-hetero) is 1. The van der Waals surface area contributed by atoms with Crippen molar-refractivity contribution in [2.45, 2.75) is 38.0 Å². The van der Waals surface area contributed by atoms with Gasteiger partial charge in [-0.25, -0.2) is 0 Å². The van der Waals surface area contributed by atoms with E-state index in [9.17, 15) is 4.79 Å². The first-order valence-electron chi connectivity index (χ1n) is 5.98. The second-order valence-electron chi connectivity index (χ2n) is 4.87. The minimum absolute atomic E-state index is 0.369. The second kappa shape index (κ2) is 3.48. The Labute approximate surface area is 90.5 Å². The monoisotopic (exact) mass is 200 g/mol. The number of hydrogen-bond donors (Lipinski definition) is 0. The Balaban J connectivity index is 2.07. The Bertz CT molecular complexity index is 394. The largest absolute Gasteiger partial charge is 0.294 e. The number of rotatable bonds is 0. The highest BCUT2D eigenvalue weighted by Gasteiger charge is 2.34. The third-order valence-corrected chi connectivity index (χ3v) is 4.02. The minimum atomic E-state index is 0.369. The van der Waals surface area contributed by atoms with E-state index in [1.807, 2.05) is 12.1 Å². The van der Waals surface area contributed by atoms with Crippen LogP contribution in [0.2, 0.25) is 0 Å². The molecule has 2 aliphatic rings. The van der Waals surface area contributed by atoms with Crippen molar-refractivity contribution >= 4 is 5.78 Å². The fourth-order valence-corrected chi connectivity index (χ4v) is 3.28. The fraction of sp³-hybridized carbons (Fsp3) is 0.500. The van der Waals surface area contributed by atoms with Gasteiger partial charge < -0.3 is 0 Å². The van der Waals surface area contributed by atoms with Crippen molar-refractivity contribution in [3.8, 4) is 0 Å². The van der Waals surface area contributed by atoms with Crippen LogP contribution < -0.4 is 0 Å². The van der Waals surface area contributed by atoms with Gasteiger partial charge in [0.1, 0.15) is 0 Å². The van der Waals surface area contributed by atoms with Gasteiger partial charge in [0.2, 0.25) is 0 Å². The predicted octanol–water partition coefficient (Wildman–Crippen LogP) is 3.55. The summed E-state index contributed by atoms with van der Waals surface area (Å²) in [6.07, 6.45) is 5.99. The Kier molecular flexibility index (Phi) is 2.12. The molecule has 0 saturated heterocycles. The SMILES string of the molecule is O=C1CC2CCCCC2c2ccccc21. The first-order chi connectivity index (χ1) is 7.36. The van der Waals surface area contributed by atoms with Crippen LogP contribution in [0.25, 0.3) is 0 Å². The molecule has 0 aliphatic heterocycles. The molecule has 1 nitrogen and oxygen atoms in total. The maximum absolute atomic E-state index is 11.9. The molecule has 2 atom stereocenters. The Morgan fingerprint density at radius 2 is 1.87 bits per heavy atom. The molecule has 0 radical (unpaired) electrons. The molecule has 0 amide bonds. The summed E-state index contributed by atoms with van der Waals surface area (Å²) >= 11 is 0. The van der Waals surface area contributed by atoms with Crippen molar-refractivity contribution in [2.75, 3.05) is 0 Å². The minimum Gasteiger partial charge on any atom is -0.294 e. The zero-order chi connectivity index (χ0) is 10.3. The van der Waals surface area contributed by atoms with E-state index in [0.29, 0.717) is 17.6 Å². The molecule has 0 aromatic heterocycles. The zero-order valence-corrected chi connectivity index (χ0v) is 8.91. The van der Waals surface area contributed by atoms with Gasteiger partial charge in [-0.3, -0.25) is 4.79 Å². The van der Waals surface area contributed by atoms with Crippen LogP contribution in [0.1, 0.15) is 53.9 Å². The Hall–Kier alpha value is -1.11. The van der Waals surface area contributed by atoms with Crippen molar-refractivity contribution < 1.29 is 4.79 Å². The maximum atomic E-state index is 11.9. The highest BCUT2D eigenvalue weighted by molar-refractivity contribution is 5.99. The van der Waals surface area contributed by atoms with Gasteiger partial charge in [-0.05, 0) is 30.2 Å². The lowest BCUT2D eigenvalue weighted by Crippen LogP contribution is -2.27. The van der Waals surface area contributed by atoms with Crippen LogP contribution in [0.15, 0.2) is 24.3 Å². The van der Waals surface area contributed by atoms with Gasteiger partial charge in [0.15, 0.2) is 5.78 Å². The Morgan fingerprint density at radius 3 is 2.80 bits per heavy atom. The third-order valence-electron chi connectivity index (χ3n) is 4.02. The first-order valence-corrected chi connectivity index (χ1v) is 5.98. The van der Waals surface area contributed by atoms with Gasteiger partial charge in [-0.15, -0.1) is 0 Å². The van der Waals surface area contributed by atoms with Crippen molar-refractivity contribution in [1.82, 2.24) is 0 Å². The van der Waals surface area contributed by atoms with E-state index in [-0.39, 0.29) is 0 Å². The molecule has 1 fully saturated rings. The standard InChI is InChI=1S/C14H16O/c15-14-9-10-5-1-2-6-11(10)12-7-3-4-8-13(12)14/h3-4,7-8,10-11H,1-2,5-6,9H2. The lowest BCUT2D eigenvalue weighted by atomic mass is 9.68. The average Bonchev–Trinajstić information content (AvgIpc) is 2.30. The number of hydrogen-bond acceptors (Lipinski definition) is 1. The third kappa shape index (κ3) is 1.41. The van der Waals surface area contributed by atoms with Gasteiger partial charge in [0.05, 0.1) is 0 Å². The van der Waals surface area contributed by atoms with Crippen LogP contribution in [0, 0.1) is 5.92 Å². The van der Waals surface area contributed by atoms with Gasteiger partial charge in [-0.2, -0.15) is 0 Å². The van der Waals surface area contributed by atoms with Crippen LogP contribution in [0.4, 0.5) is 0 Å². The number of fused-ring (bicyclic) bond motifs is 3. The van der Waals surface area contributed by atoms with E-state index in [1.165, 1.54) is 31.2 Å². The number of ketones is 1. The molecule has 1 aromatic carbocycles. The zero-order valence-electron chi connectivity index (χ0n) is 8.91. The smallest absolute Gasteiger partial charge is 0.163 e. The highest BCUT2D eigenvalue weighted by atomic mass is 16.1. The van der Waals surface area contributed by atoms with Crippen molar-refractivity contribution in [2.24, 2.45) is 5.92 Å². The van der Waals surface area contributed by atoms with Crippen molar-refractivity contribution in [1.29, 1.82) is 0 Å². The van der Waals surface area contributed by atoms with Gasteiger partial charge in [-0.1, -0.05) is 37.1 Å². The topological polar surface area (TPSA) is 17.1 Å². The molecule has 0 heterocycles. The molecule has 3 rings (SSSR count). The Morgan fingerprint density at radius 1 is 1.07 bits per heavy atom. The quantitative estimate of drug-likeness (QED) is 0.626. The molecule has 1 aromatic rings. The number of carbonyl (C=O) groups is 1. The van der Waals surface area contributed by atoms with Gasteiger partial charge in [0, 0.05) is 12.0 Å². The highest BCUT2D eigenvalue weighted by Crippen LogP contribution is 2.44. The molecule has 0 N–H and O–H groups in total. The second-order valence-corrected chi connectivity index (χ2v) is 4.87. The summed E-state index contributed by atoms with van der Waals surface area (Å²) in [5.41, 5.74) is 2.33. The molecule has 2 aliphatic carbocycles. The molecule has 2 unspecified atom stereocenters. The molecular weight excluding hydrogens is 184 g/mol. The summed E-state index contributed by atoms with van der Waals surface area (Å²) in [4.78, 5) is 11.9. The van der Waals surface area contributed by atoms with Crippen LogP contribution >= 0.6 is 0 Å². The van der Waals surface area contributed by atoms with E-state index in [1.54, 1.807) is 0 Å².